The van der Waals surface area contributed by atoms with Crippen molar-refractivity contribution in [2.45, 2.75) is 64.3 Å². The zero-order chi connectivity index (χ0) is 23.7. The van der Waals surface area contributed by atoms with E-state index < -0.39 is 5.97 Å². The van der Waals surface area contributed by atoms with Crippen LogP contribution in [0.5, 0.6) is 0 Å². The molecule has 1 aliphatic carbocycles. The van der Waals surface area contributed by atoms with Crippen molar-refractivity contribution in [1.29, 1.82) is 5.26 Å². The predicted octanol–water partition coefficient (Wildman–Crippen LogP) is 3.42. The summed E-state index contributed by atoms with van der Waals surface area (Å²) in [6.07, 6.45) is 2.37. The summed E-state index contributed by atoms with van der Waals surface area (Å²) in [6, 6.07) is 8.06. The van der Waals surface area contributed by atoms with Crippen LogP contribution in [0.3, 0.4) is 0 Å². The maximum Gasteiger partial charge on any atom is 0.321 e. The molecule has 1 aromatic carbocycles. The van der Waals surface area contributed by atoms with Crippen molar-refractivity contribution in [3.63, 3.8) is 0 Å². The SMILES string of the molecule is CC(C)OC(=O)C[C@H]1Cc2c(n(C[C@@H]3[C@H](OC(=O)CCl)CCN3C)c3ccc(C#N)cc23)C1. The summed E-state index contributed by atoms with van der Waals surface area (Å²) in [5.41, 5.74) is 4.10. The average molecular weight is 472 g/mol. The van der Waals surface area contributed by atoms with Gasteiger partial charge in [0.25, 0.3) is 0 Å². The number of carbonyl (C=O) groups excluding carboxylic acids is 2. The molecule has 2 aliphatic rings. The molecule has 1 aromatic heterocycles. The molecule has 176 valence electrons. The molecule has 1 aliphatic heterocycles. The molecule has 3 atom stereocenters. The third-order valence-corrected chi connectivity index (χ3v) is 6.95. The van der Waals surface area contributed by atoms with Crippen LogP contribution in [0, 0.1) is 17.2 Å². The lowest BCUT2D eigenvalue weighted by molar-refractivity contribution is -0.148. The number of likely N-dealkylation sites (tertiary alicyclic amines) is 1. The highest BCUT2D eigenvalue weighted by Crippen LogP contribution is 2.38. The van der Waals surface area contributed by atoms with E-state index in [9.17, 15) is 14.9 Å². The van der Waals surface area contributed by atoms with Crippen LogP contribution in [-0.4, -0.2) is 59.1 Å². The lowest BCUT2D eigenvalue weighted by Crippen LogP contribution is -2.39. The minimum Gasteiger partial charge on any atom is -0.463 e. The molecule has 0 N–H and O–H groups in total. The Hall–Kier alpha value is -2.56. The highest BCUT2D eigenvalue weighted by atomic mass is 35.5. The first-order valence-electron chi connectivity index (χ1n) is 11.5. The van der Waals surface area contributed by atoms with Gasteiger partial charge < -0.3 is 14.0 Å². The number of nitrogens with zero attached hydrogens (tertiary/aromatic N) is 3. The van der Waals surface area contributed by atoms with Crippen molar-refractivity contribution in [2.24, 2.45) is 5.92 Å². The predicted molar refractivity (Wildman–Crippen MR) is 125 cm³/mol. The van der Waals surface area contributed by atoms with Gasteiger partial charge in [-0.1, -0.05) is 0 Å². The van der Waals surface area contributed by atoms with Gasteiger partial charge in [0, 0.05) is 36.1 Å². The van der Waals surface area contributed by atoms with Crippen LogP contribution in [0.2, 0.25) is 0 Å². The number of benzene rings is 1. The van der Waals surface area contributed by atoms with E-state index in [0.717, 1.165) is 36.7 Å². The molecule has 0 spiro atoms. The number of hydrogen-bond donors (Lipinski definition) is 0. The molecule has 1 saturated heterocycles. The van der Waals surface area contributed by atoms with Crippen molar-refractivity contribution in [1.82, 2.24) is 9.47 Å². The Kier molecular flexibility index (Phi) is 6.96. The highest BCUT2D eigenvalue weighted by molar-refractivity contribution is 6.26. The van der Waals surface area contributed by atoms with Crippen LogP contribution >= 0.6 is 11.6 Å². The number of rotatable bonds is 7. The molecule has 7 nitrogen and oxygen atoms in total. The number of aromatic nitrogens is 1. The summed E-state index contributed by atoms with van der Waals surface area (Å²) >= 11 is 5.67. The fraction of sp³-hybridized carbons (Fsp3) is 0.560. The standard InChI is InChI=1S/C25H30ClN3O4/c1-15(2)32-24(30)11-17-9-19-18-8-16(13-27)4-5-20(18)29(21(19)10-17)14-22-23(6-7-28(22)3)33-25(31)12-26/h4-5,8,15,17,22-23H,6-7,9-12,14H2,1-3H3/t17-,22+,23+/m0/s1. The van der Waals surface area contributed by atoms with Crippen LogP contribution in [0.1, 0.15) is 43.5 Å². The molecule has 0 amide bonds. The van der Waals surface area contributed by atoms with Crippen LogP contribution in [0.25, 0.3) is 10.9 Å². The molecule has 0 saturated carbocycles. The lowest BCUT2D eigenvalue weighted by atomic mass is 10.0. The van der Waals surface area contributed by atoms with Crippen molar-refractivity contribution in [3.8, 4) is 6.07 Å². The van der Waals surface area contributed by atoms with Gasteiger partial charge in [-0.2, -0.15) is 5.26 Å². The van der Waals surface area contributed by atoms with Crippen LogP contribution in [0.15, 0.2) is 18.2 Å². The maximum absolute atomic E-state index is 12.3. The number of alkyl halides is 1. The Balaban J connectivity index is 1.65. The first-order chi connectivity index (χ1) is 15.8. The maximum atomic E-state index is 12.3. The number of likely N-dealkylation sites (N-methyl/N-ethyl adjacent to an activating group) is 1. The van der Waals surface area contributed by atoms with E-state index in [1.165, 1.54) is 11.3 Å². The molecule has 2 aromatic rings. The molecule has 0 bridgehead atoms. The zero-order valence-corrected chi connectivity index (χ0v) is 20.1. The second kappa shape index (κ2) is 9.74. The fourth-order valence-electron chi connectivity index (χ4n) is 5.30. The molecule has 2 heterocycles. The van der Waals surface area contributed by atoms with Crippen LogP contribution < -0.4 is 0 Å². The fourth-order valence-corrected chi connectivity index (χ4v) is 5.36. The minimum atomic E-state index is -0.396. The van der Waals surface area contributed by atoms with Crippen LogP contribution in [-0.2, 0) is 38.4 Å². The van der Waals surface area contributed by atoms with E-state index in [1.54, 1.807) is 0 Å². The smallest absolute Gasteiger partial charge is 0.321 e. The van der Waals surface area contributed by atoms with Gasteiger partial charge in [-0.15, -0.1) is 11.6 Å². The van der Waals surface area contributed by atoms with Gasteiger partial charge >= 0.3 is 11.9 Å². The zero-order valence-electron chi connectivity index (χ0n) is 19.3. The van der Waals surface area contributed by atoms with Gasteiger partial charge in [0.05, 0.1) is 23.8 Å². The lowest BCUT2D eigenvalue weighted by Gasteiger charge is -2.26. The van der Waals surface area contributed by atoms with Gasteiger partial charge in [0.1, 0.15) is 12.0 Å². The summed E-state index contributed by atoms with van der Waals surface area (Å²) in [4.78, 5) is 26.4. The number of fused-ring (bicyclic) bond motifs is 3. The van der Waals surface area contributed by atoms with Crippen molar-refractivity contribution < 1.29 is 19.1 Å². The first kappa shape index (κ1) is 23.6. The molecular formula is C25H30ClN3O4. The normalized spacial score (nSPS) is 22.5. The Morgan fingerprint density at radius 1 is 1.27 bits per heavy atom. The van der Waals surface area contributed by atoms with E-state index in [2.05, 4.69) is 15.5 Å². The number of carbonyl (C=O) groups is 2. The summed E-state index contributed by atoms with van der Waals surface area (Å²) in [5.74, 6) is -0.544. The van der Waals surface area contributed by atoms with Crippen molar-refractivity contribution >= 4 is 34.4 Å². The van der Waals surface area contributed by atoms with Gasteiger partial charge in [0.2, 0.25) is 0 Å². The molecule has 33 heavy (non-hydrogen) atoms. The van der Waals surface area contributed by atoms with E-state index in [0.29, 0.717) is 18.5 Å². The van der Waals surface area contributed by atoms with E-state index in [4.69, 9.17) is 21.1 Å². The third kappa shape index (κ3) is 4.87. The third-order valence-electron chi connectivity index (χ3n) is 6.74. The second-order valence-electron chi connectivity index (χ2n) is 9.40. The average Bonchev–Trinajstić information content (AvgIpc) is 3.41. The monoisotopic (exact) mass is 471 g/mol. The molecular weight excluding hydrogens is 442 g/mol. The Morgan fingerprint density at radius 3 is 2.76 bits per heavy atom. The summed E-state index contributed by atoms with van der Waals surface area (Å²) in [7, 11) is 2.05. The van der Waals surface area contributed by atoms with Gasteiger partial charge in [-0.3, -0.25) is 14.5 Å². The van der Waals surface area contributed by atoms with Gasteiger partial charge in [-0.05, 0) is 69.8 Å². The molecule has 1 fully saturated rings. The quantitative estimate of drug-likeness (QED) is 0.454. The highest BCUT2D eigenvalue weighted by Gasteiger charge is 2.37. The number of esters is 2. The number of hydrogen-bond acceptors (Lipinski definition) is 6. The van der Waals surface area contributed by atoms with E-state index in [-0.39, 0.29) is 36.0 Å². The number of halogens is 1. The van der Waals surface area contributed by atoms with E-state index >= 15 is 0 Å². The van der Waals surface area contributed by atoms with Crippen molar-refractivity contribution in [2.75, 3.05) is 19.5 Å². The van der Waals surface area contributed by atoms with Gasteiger partial charge in [0.15, 0.2) is 0 Å². The van der Waals surface area contributed by atoms with Crippen molar-refractivity contribution in [3.05, 3.63) is 35.0 Å². The Bertz CT molecular complexity index is 1100. The van der Waals surface area contributed by atoms with E-state index in [1.807, 2.05) is 39.1 Å². The second-order valence-corrected chi connectivity index (χ2v) is 9.66. The molecule has 4 rings (SSSR count). The summed E-state index contributed by atoms with van der Waals surface area (Å²) in [5, 5.41) is 10.5. The summed E-state index contributed by atoms with van der Waals surface area (Å²) < 4.78 is 13.3. The Morgan fingerprint density at radius 2 is 2.06 bits per heavy atom. The first-order valence-corrected chi connectivity index (χ1v) is 12.0. The molecule has 0 radical (unpaired) electrons. The minimum absolute atomic E-state index is 0.0254. The largest absolute Gasteiger partial charge is 0.463 e. The molecule has 8 heteroatoms. The topological polar surface area (TPSA) is 84.6 Å². The summed E-state index contributed by atoms with van der Waals surface area (Å²) in [6.45, 7) is 5.22. The van der Waals surface area contributed by atoms with Crippen LogP contribution in [0.4, 0.5) is 0 Å². The number of nitriles is 1. The Labute approximate surface area is 199 Å². The molecule has 0 unspecified atom stereocenters. The number of ether oxygens (including phenoxy) is 2. The van der Waals surface area contributed by atoms with Gasteiger partial charge in [-0.25, -0.2) is 0 Å².